The second kappa shape index (κ2) is 11.3. The molecule has 2 aliphatic heterocycles. The van der Waals surface area contributed by atoms with Crippen LogP contribution in [0.5, 0.6) is 17.4 Å². The number of amidine groups is 1. The molecule has 0 aliphatic carbocycles. The molecule has 5 N–H and O–H groups in total. The fourth-order valence-corrected chi connectivity index (χ4v) is 3.62. The van der Waals surface area contributed by atoms with Crippen LogP contribution in [0.3, 0.4) is 0 Å². The van der Waals surface area contributed by atoms with Gasteiger partial charge in [0, 0.05) is 17.4 Å². The highest BCUT2D eigenvalue weighted by Gasteiger charge is 2.24. The van der Waals surface area contributed by atoms with Gasteiger partial charge in [-0.25, -0.2) is 9.98 Å². The molecule has 0 radical (unpaired) electrons. The van der Waals surface area contributed by atoms with Gasteiger partial charge in [0.1, 0.15) is 17.4 Å². The van der Waals surface area contributed by atoms with Crippen molar-refractivity contribution in [1.82, 2.24) is 15.8 Å². The van der Waals surface area contributed by atoms with E-state index in [1.807, 2.05) is 13.8 Å². The third-order valence-corrected chi connectivity index (χ3v) is 5.38. The number of rotatable bonds is 5. The molecule has 2 aromatic carbocycles. The summed E-state index contributed by atoms with van der Waals surface area (Å²) in [4.78, 5) is 34.3. The lowest BCUT2D eigenvalue weighted by molar-refractivity contribution is -0.122. The highest BCUT2D eigenvalue weighted by molar-refractivity contribution is 5.99. The first-order valence-corrected chi connectivity index (χ1v) is 11.5. The third kappa shape index (κ3) is 6.07. The van der Waals surface area contributed by atoms with Crippen LogP contribution in [0, 0.1) is 0 Å². The predicted molar refractivity (Wildman–Crippen MR) is 138 cm³/mol. The molecule has 0 saturated carbocycles. The molecule has 1 aromatic heterocycles. The molecule has 3 aromatic rings. The fourth-order valence-electron chi connectivity index (χ4n) is 3.62. The fraction of sp³-hybridized carbons (Fsp3) is 0.231. The Morgan fingerprint density at radius 2 is 1.92 bits per heavy atom. The molecule has 5 rings (SSSR count). The van der Waals surface area contributed by atoms with Crippen LogP contribution in [-0.2, 0) is 4.79 Å². The van der Waals surface area contributed by atoms with Crippen LogP contribution in [0.4, 0.5) is 5.69 Å². The van der Waals surface area contributed by atoms with Crippen molar-refractivity contribution in [3.63, 3.8) is 0 Å². The Hall–Kier alpha value is -4.80. The zero-order chi connectivity index (χ0) is 26.4. The predicted octanol–water partition coefficient (Wildman–Crippen LogP) is 2.55. The molecule has 0 fully saturated rings. The number of nitrogens with two attached hydrogens (primary N) is 1. The van der Waals surface area contributed by atoms with Crippen molar-refractivity contribution in [3.05, 3.63) is 77.5 Å². The number of hydrogen-bond donors (Lipinski definition) is 4. The summed E-state index contributed by atoms with van der Waals surface area (Å²) in [5.74, 6) is 0.251. The monoisotopic (exact) mass is 504 g/mol. The Kier molecular flexibility index (Phi) is 7.72. The van der Waals surface area contributed by atoms with Crippen molar-refractivity contribution in [2.75, 3.05) is 19.2 Å². The Bertz CT molecular complexity index is 1310. The van der Waals surface area contributed by atoms with E-state index in [9.17, 15) is 9.59 Å². The molecule has 1 unspecified atom stereocenters. The van der Waals surface area contributed by atoms with E-state index in [-0.39, 0.29) is 24.3 Å². The van der Waals surface area contributed by atoms with E-state index < -0.39 is 17.9 Å². The number of benzene rings is 2. The number of hydrogen-bond acceptors (Lipinski definition) is 9. The molecule has 192 valence electrons. The number of carbonyl (C=O) groups excluding carboxylic acids is 2. The van der Waals surface area contributed by atoms with Gasteiger partial charge in [-0.2, -0.15) is 0 Å². The van der Waals surface area contributed by atoms with Crippen LogP contribution in [0.15, 0.2) is 65.8 Å². The highest BCUT2D eigenvalue weighted by Crippen LogP contribution is 2.33. The smallest absolute Gasteiger partial charge is 0.275 e. The molecule has 11 heteroatoms. The zero-order valence-corrected chi connectivity index (χ0v) is 20.6. The number of hydrazine groups is 1. The summed E-state index contributed by atoms with van der Waals surface area (Å²) >= 11 is 0. The molecule has 0 spiro atoms. The lowest BCUT2D eigenvalue weighted by Gasteiger charge is -2.22. The van der Waals surface area contributed by atoms with Crippen LogP contribution >= 0.6 is 0 Å². The van der Waals surface area contributed by atoms with Crippen molar-refractivity contribution in [2.45, 2.75) is 26.0 Å². The van der Waals surface area contributed by atoms with E-state index in [2.05, 4.69) is 26.1 Å². The van der Waals surface area contributed by atoms with E-state index >= 15 is 0 Å². The number of pyridine rings is 1. The standard InChI is InChI=1S/C26H28N6O5/c1-15(2)37-20-11-8-17-13-21(20)36-14-29-23(27)16-6-9-18(10-7-16)30-22(17)25(34)32-31-24(33)19-5-4-12-28-26(19)35-3/h4-13,15,22,30H,14H2,1-3H3,(H2,27,29)(H,31,33)(H,32,34). The second-order valence-electron chi connectivity index (χ2n) is 8.35. The summed E-state index contributed by atoms with van der Waals surface area (Å²) in [6, 6.07) is 14.5. The van der Waals surface area contributed by atoms with E-state index in [0.29, 0.717) is 34.1 Å². The van der Waals surface area contributed by atoms with Gasteiger partial charge in [-0.1, -0.05) is 6.07 Å². The lowest BCUT2D eigenvalue weighted by atomic mass is 10.0. The van der Waals surface area contributed by atoms with Gasteiger partial charge in [0.15, 0.2) is 18.2 Å². The van der Waals surface area contributed by atoms with Gasteiger partial charge in [-0.05, 0) is 67.9 Å². The number of amides is 2. The maximum Gasteiger partial charge on any atom is 0.275 e. The Labute approximate surface area is 214 Å². The molecule has 0 saturated heterocycles. The molecule has 2 aliphatic rings. The van der Waals surface area contributed by atoms with Crippen LogP contribution in [0.25, 0.3) is 0 Å². The summed E-state index contributed by atoms with van der Waals surface area (Å²) in [6.45, 7) is 3.76. The van der Waals surface area contributed by atoms with Crippen LogP contribution in [0.2, 0.25) is 0 Å². The lowest BCUT2D eigenvalue weighted by Crippen LogP contribution is -2.45. The normalized spacial score (nSPS) is 16.0. The summed E-state index contributed by atoms with van der Waals surface area (Å²) in [5.41, 5.74) is 13.1. The topological polar surface area (TPSA) is 149 Å². The van der Waals surface area contributed by atoms with Gasteiger partial charge >= 0.3 is 0 Å². The number of nitrogens with zero attached hydrogens (tertiary/aromatic N) is 2. The second-order valence-corrected chi connectivity index (χ2v) is 8.35. The van der Waals surface area contributed by atoms with Crippen molar-refractivity contribution < 1.29 is 23.8 Å². The molecule has 2 amide bonds. The first-order chi connectivity index (χ1) is 17.9. The Morgan fingerprint density at radius 3 is 2.65 bits per heavy atom. The number of fused-ring (bicyclic) bond motifs is 5. The molecule has 3 heterocycles. The quantitative estimate of drug-likeness (QED) is 0.387. The Morgan fingerprint density at radius 1 is 1.14 bits per heavy atom. The number of aliphatic imine (C=N–C) groups is 1. The number of carbonyl (C=O) groups is 2. The molecule has 4 bridgehead atoms. The van der Waals surface area contributed by atoms with Gasteiger partial charge in [0.2, 0.25) is 5.88 Å². The summed E-state index contributed by atoms with van der Waals surface area (Å²) in [6.07, 6.45) is 1.40. The minimum Gasteiger partial charge on any atom is -0.487 e. The summed E-state index contributed by atoms with van der Waals surface area (Å²) in [7, 11) is 1.41. The maximum absolute atomic E-state index is 13.4. The molecule has 11 nitrogen and oxygen atoms in total. The van der Waals surface area contributed by atoms with E-state index in [0.717, 1.165) is 0 Å². The van der Waals surface area contributed by atoms with E-state index in [4.69, 9.17) is 19.9 Å². The largest absolute Gasteiger partial charge is 0.487 e. The SMILES string of the molecule is COc1ncccc1C(=O)NNC(=O)C1Nc2ccc(cc2)/C(N)=N\COc2cc1ccc2OC(C)C. The number of nitrogens with one attached hydrogen (secondary N) is 3. The third-order valence-electron chi connectivity index (χ3n) is 5.38. The first kappa shape index (κ1) is 25.3. The number of anilines is 1. The molecular formula is C26H28N6O5. The minimum absolute atomic E-state index is 0.0429. The average Bonchev–Trinajstić information content (AvgIpc) is 2.92. The van der Waals surface area contributed by atoms with Crippen LogP contribution in [-0.4, -0.2) is 42.6 Å². The van der Waals surface area contributed by atoms with Gasteiger partial charge < -0.3 is 25.3 Å². The van der Waals surface area contributed by atoms with E-state index in [1.165, 1.54) is 19.4 Å². The summed E-state index contributed by atoms with van der Waals surface area (Å²) in [5, 5.41) is 3.20. The van der Waals surface area contributed by atoms with Gasteiger partial charge in [0.25, 0.3) is 11.8 Å². The van der Waals surface area contributed by atoms with Crippen molar-refractivity contribution in [1.29, 1.82) is 0 Å². The number of aromatic nitrogens is 1. The minimum atomic E-state index is -0.906. The number of methoxy groups -OCH3 is 1. The summed E-state index contributed by atoms with van der Waals surface area (Å²) < 4.78 is 16.9. The number of ether oxygens (including phenoxy) is 3. The van der Waals surface area contributed by atoms with Crippen molar-refractivity contribution in [3.8, 4) is 17.4 Å². The average molecular weight is 505 g/mol. The molecular weight excluding hydrogens is 476 g/mol. The maximum atomic E-state index is 13.4. The van der Waals surface area contributed by atoms with Crippen LogP contribution < -0.4 is 36.1 Å². The van der Waals surface area contributed by atoms with E-state index in [1.54, 1.807) is 48.5 Å². The van der Waals surface area contributed by atoms with Gasteiger partial charge in [-0.15, -0.1) is 0 Å². The zero-order valence-electron chi connectivity index (χ0n) is 20.6. The van der Waals surface area contributed by atoms with Gasteiger partial charge in [0.05, 0.1) is 13.2 Å². The van der Waals surface area contributed by atoms with Crippen LogP contribution in [0.1, 0.15) is 41.4 Å². The van der Waals surface area contributed by atoms with Crippen molar-refractivity contribution in [2.24, 2.45) is 10.7 Å². The molecule has 37 heavy (non-hydrogen) atoms. The molecule has 1 atom stereocenters. The first-order valence-electron chi connectivity index (χ1n) is 11.5. The van der Waals surface area contributed by atoms with Crippen molar-refractivity contribution >= 4 is 23.3 Å². The van der Waals surface area contributed by atoms with Gasteiger partial charge in [-0.3, -0.25) is 20.4 Å². The highest BCUT2D eigenvalue weighted by atomic mass is 16.5. The Balaban J connectivity index is 1.64.